The summed E-state index contributed by atoms with van der Waals surface area (Å²) < 4.78 is 13.4. The molecular weight excluding hydrogens is 683 g/mol. The van der Waals surface area contributed by atoms with Crippen molar-refractivity contribution in [3.63, 3.8) is 0 Å². The highest BCUT2D eigenvalue weighted by atomic mass is 35.5. The second-order valence-corrected chi connectivity index (χ2v) is 13.3. The molecule has 6 amide bonds. The molecule has 250 valence electrons. The van der Waals surface area contributed by atoms with Crippen molar-refractivity contribution in [3.8, 4) is 11.5 Å². The van der Waals surface area contributed by atoms with E-state index in [1.54, 1.807) is 51.9 Å². The topological polar surface area (TPSA) is 132 Å². The van der Waals surface area contributed by atoms with Crippen molar-refractivity contribution in [1.29, 1.82) is 0 Å². The fourth-order valence-corrected chi connectivity index (χ4v) is 7.08. The van der Waals surface area contributed by atoms with Crippen LogP contribution in [-0.2, 0) is 20.9 Å². The van der Waals surface area contributed by atoms with Gasteiger partial charge in [0.2, 0.25) is 5.91 Å². The smallest absolute Gasteiger partial charge is 0.493 e. The van der Waals surface area contributed by atoms with Crippen molar-refractivity contribution < 1.29 is 38.0 Å². The Labute approximate surface area is 290 Å². The maximum atomic E-state index is 13.4. The normalized spacial score (nSPS) is 20.6. The van der Waals surface area contributed by atoms with E-state index in [9.17, 15) is 24.0 Å². The molecule has 0 aliphatic carbocycles. The lowest BCUT2D eigenvalue weighted by Gasteiger charge is -2.30. The number of thioether (sulfide) groups is 1. The fourth-order valence-electron chi connectivity index (χ4n) is 5.77. The first kappa shape index (κ1) is 33.5. The Kier molecular flexibility index (Phi) is 9.50. The molecule has 13 nitrogen and oxygen atoms in total. The van der Waals surface area contributed by atoms with Gasteiger partial charge in [-0.1, -0.05) is 35.3 Å². The number of rotatable bonds is 7. The molecule has 4 heterocycles. The Morgan fingerprint density at radius 1 is 1.02 bits per heavy atom. The summed E-state index contributed by atoms with van der Waals surface area (Å²) in [5.74, 6) is -0.592. The number of urea groups is 1. The number of likely N-dealkylation sites (tertiary alicyclic amines) is 1. The average molecular weight is 715 g/mol. The van der Waals surface area contributed by atoms with E-state index in [4.69, 9.17) is 32.7 Å². The maximum absolute atomic E-state index is 13.4. The molecule has 4 aliphatic heterocycles. The summed E-state index contributed by atoms with van der Waals surface area (Å²) >= 11 is 13.3. The molecule has 1 unspecified atom stereocenters. The molecule has 2 aromatic rings. The molecule has 0 bridgehead atoms. The van der Waals surface area contributed by atoms with Crippen LogP contribution >= 0.6 is 35.0 Å². The number of fused-ring (bicyclic) bond motifs is 1. The van der Waals surface area contributed by atoms with E-state index in [1.165, 1.54) is 26.1 Å². The minimum atomic E-state index is -0.970. The highest BCUT2D eigenvalue weighted by Gasteiger charge is 2.54. The Bertz CT molecular complexity index is 1840. The molecule has 3 fully saturated rings. The molecular formula is C32H31Cl2N6O7S+. The molecule has 0 spiro atoms. The van der Waals surface area contributed by atoms with Crippen molar-refractivity contribution in [3.05, 3.63) is 62.5 Å². The Morgan fingerprint density at radius 2 is 1.77 bits per heavy atom. The first-order valence-corrected chi connectivity index (χ1v) is 16.6. The second-order valence-electron chi connectivity index (χ2n) is 11.5. The largest absolute Gasteiger partial charge is 0.502 e. The number of likely N-dealkylation sites (N-methyl/N-ethyl adjacent to an activating group) is 2. The van der Waals surface area contributed by atoms with Crippen molar-refractivity contribution in [1.82, 2.24) is 19.6 Å². The molecule has 4 aliphatic rings. The number of carbonyl (C=O) groups is 5. The van der Waals surface area contributed by atoms with E-state index < -0.39 is 29.1 Å². The second kappa shape index (κ2) is 13.6. The SMILES string of the molecule is COc1cc(/C=C2\SC(=O)N(CC(=O)N3CCCCC3)C2=O)ccc1OC1=[N+](Cc2ccc(Cl)cc2Cl)C2C(=O)N(C)C(=O)N(C)C2=N1. The third-order valence-electron chi connectivity index (χ3n) is 8.41. The summed E-state index contributed by atoms with van der Waals surface area (Å²) in [5, 5.41) is 0.312. The predicted octanol–water partition coefficient (Wildman–Crippen LogP) is 4.30. The van der Waals surface area contributed by atoms with Crippen LogP contribution in [0.1, 0.15) is 30.4 Å². The van der Waals surface area contributed by atoms with Crippen LogP contribution < -0.4 is 9.47 Å². The molecule has 3 saturated heterocycles. The van der Waals surface area contributed by atoms with Gasteiger partial charge < -0.3 is 14.4 Å². The van der Waals surface area contributed by atoms with Crippen molar-refractivity contribution in [2.24, 2.45) is 4.99 Å². The third kappa shape index (κ3) is 6.39. The average Bonchev–Trinajstić information content (AvgIpc) is 3.56. The zero-order valence-corrected chi connectivity index (χ0v) is 28.6. The number of piperidine rings is 1. The summed E-state index contributed by atoms with van der Waals surface area (Å²) in [6.07, 6.45) is 4.42. The lowest BCUT2D eigenvalue weighted by molar-refractivity contribution is -0.557. The van der Waals surface area contributed by atoms with Gasteiger partial charge in [-0.2, -0.15) is 4.58 Å². The number of imide groups is 2. The number of halogens is 2. The summed E-state index contributed by atoms with van der Waals surface area (Å²) in [7, 11) is 4.36. The number of hydrogen-bond acceptors (Lipinski definition) is 9. The first-order valence-electron chi connectivity index (χ1n) is 15.1. The zero-order chi connectivity index (χ0) is 34.3. The minimum Gasteiger partial charge on any atom is -0.493 e. The standard InChI is InChI=1S/C32H31Cl2N6O7S/c1-36-27-26(29(43)37(2)31(36)44)39(16-19-8-9-20(33)15-21(19)34)30(35-27)47-22-10-7-18(13-23(22)46-3)14-24-28(42)40(32(45)48-24)17-25(41)38-11-5-4-6-12-38/h7-10,13-15,26H,4-6,11-12,16-17H2,1-3H3/q+1/b24-14-. The van der Waals surface area contributed by atoms with Gasteiger partial charge in [0.05, 0.1) is 12.0 Å². The number of methoxy groups -OCH3 is 1. The van der Waals surface area contributed by atoms with Gasteiger partial charge >= 0.3 is 12.1 Å². The van der Waals surface area contributed by atoms with Gasteiger partial charge in [-0.05, 0) is 66.9 Å². The van der Waals surface area contributed by atoms with Gasteiger partial charge in [0.25, 0.3) is 28.9 Å². The highest BCUT2D eigenvalue weighted by Crippen LogP contribution is 2.35. The van der Waals surface area contributed by atoms with Crippen LogP contribution in [0.15, 0.2) is 46.3 Å². The van der Waals surface area contributed by atoms with Crippen LogP contribution in [0, 0.1) is 0 Å². The van der Waals surface area contributed by atoms with E-state index in [2.05, 4.69) is 4.99 Å². The summed E-state index contributed by atoms with van der Waals surface area (Å²) in [6, 6.07) is 8.38. The van der Waals surface area contributed by atoms with E-state index in [-0.39, 0.29) is 47.3 Å². The zero-order valence-electron chi connectivity index (χ0n) is 26.3. The maximum Gasteiger partial charge on any atom is 0.502 e. The number of aliphatic imine (C=N–C) groups is 1. The predicted molar refractivity (Wildman–Crippen MR) is 179 cm³/mol. The van der Waals surface area contributed by atoms with E-state index in [0.717, 1.165) is 40.8 Å². The minimum absolute atomic E-state index is 0.0230. The molecule has 0 N–H and O–H groups in total. The van der Waals surface area contributed by atoms with Crippen LogP contribution in [0.25, 0.3) is 6.08 Å². The number of amidine groups is 2. The van der Waals surface area contributed by atoms with Crippen LogP contribution in [0.3, 0.4) is 0 Å². The molecule has 16 heteroatoms. The van der Waals surface area contributed by atoms with E-state index in [1.807, 2.05) is 0 Å². The highest BCUT2D eigenvalue weighted by molar-refractivity contribution is 8.18. The molecule has 6 rings (SSSR count). The summed E-state index contributed by atoms with van der Waals surface area (Å²) in [6.45, 7) is 1.05. The Hall–Kier alpha value is -4.40. The molecule has 1 atom stereocenters. The number of hydrogen-bond donors (Lipinski definition) is 0. The third-order valence-corrected chi connectivity index (χ3v) is 9.91. The Balaban J connectivity index is 1.27. The van der Waals surface area contributed by atoms with Gasteiger partial charge in [-0.3, -0.25) is 33.9 Å². The van der Waals surface area contributed by atoms with Crippen LogP contribution in [-0.4, -0.2) is 112 Å². The van der Waals surface area contributed by atoms with Crippen molar-refractivity contribution in [2.45, 2.75) is 31.8 Å². The summed E-state index contributed by atoms with van der Waals surface area (Å²) in [4.78, 5) is 74.3. The summed E-state index contributed by atoms with van der Waals surface area (Å²) in [5.41, 5.74) is 1.18. The molecule has 0 radical (unpaired) electrons. The number of amides is 6. The number of nitrogens with zero attached hydrogens (tertiary/aromatic N) is 6. The number of ether oxygens (including phenoxy) is 2. The lowest BCUT2D eigenvalue weighted by Crippen LogP contribution is -2.61. The van der Waals surface area contributed by atoms with Crippen molar-refractivity contribution >= 4 is 81.9 Å². The van der Waals surface area contributed by atoms with Crippen molar-refractivity contribution in [2.75, 3.05) is 40.8 Å². The monoisotopic (exact) mass is 713 g/mol. The number of benzene rings is 2. The van der Waals surface area contributed by atoms with Gasteiger partial charge in [0.15, 0.2) is 11.5 Å². The first-order chi connectivity index (χ1) is 23.0. The number of carbonyl (C=O) groups excluding carboxylic acids is 5. The van der Waals surface area contributed by atoms with Gasteiger partial charge in [0, 0.05) is 47.8 Å². The van der Waals surface area contributed by atoms with E-state index >= 15 is 0 Å². The molecule has 48 heavy (non-hydrogen) atoms. The fraction of sp³-hybridized carbons (Fsp3) is 0.344. The molecule has 0 aromatic heterocycles. The quantitative estimate of drug-likeness (QED) is 0.307. The van der Waals surface area contributed by atoms with Gasteiger partial charge in [-0.25, -0.2) is 4.79 Å². The van der Waals surface area contributed by atoms with Gasteiger partial charge in [0.1, 0.15) is 13.1 Å². The van der Waals surface area contributed by atoms with Crippen LogP contribution in [0.5, 0.6) is 11.5 Å². The van der Waals surface area contributed by atoms with E-state index in [0.29, 0.717) is 34.3 Å². The van der Waals surface area contributed by atoms with Crippen LogP contribution in [0.2, 0.25) is 10.0 Å². The molecule has 0 saturated carbocycles. The lowest BCUT2D eigenvalue weighted by atomic mass is 10.1. The van der Waals surface area contributed by atoms with Gasteiger partial charge in [-0.15, -0.1) is 0 Å². The van der Waals surface area contributed by atoms with Crippen LogP contribution in [0.4, 0.5) is 9.59 Å². The molecule has 2 aromatic carbocycles. The Morgan fingerprint density at radius 3 is 2.48 bits per heavy atom.